The van der Waals surface area contributed by atoms with E-state index in [9.17, 15) is 4.79 Å². The van der Waals surface area contributed by atoms with Crippen LogP contribution in [-0.2, 0) is 9.53 Å². The van der Waals surface area contributed by atoms with Gasteiger partial charge in [-0.25, -0.2) is 4.79 Å². The van der Waals surface area contributed by atoms with E-state index < -0.39 is 5.97 Å². The Morgan fingerprint density at radius 1 is 1.62 bits per heavy atom. The third-order valence-corrected chi connectivity index (χ3v) is 3.02. The highest BCUT2D eigenvalue weighted by Crippen LogP contribution is 2.14. The number of morpholine rings is 1. The van der Waals surface area contributed by atoms with Gasteiger partial charge in [0, 0.05) is 24.7 Å². The molecule has 2 unspecified atom stereocenters. The zero-order valence-electron chi connectivity index (χ0n) is 10.3. The van der Waals surface area contributed by atoms with Crippen molar-refractivity contribution in [2.45, 2.75) is 39.3 Å². The molecule has 0 aromatic heterocycles. The molecule has 1 aliphatic rings. The van der Waals surface area contributed by atoms with E-state index in [1.165, 1.54) is 0 Å². The normalized spacial score (nSPS) is 28.1. The summed E-state index contributed by atoms with van der Waals surface area (Å²) in [6, 6.07) is 0.411. The van der Waals surface area contributed by atoms with E-state index in [-0.39, 0.29) is 6.10 Å². The fourth-order valence-corrected chi connectivity index (χ4v) is 1.85. The molecule has 1 saturated heterocycles. The molecule has 0 aromatic carbocycles. The van der Waals surface area contributed by atoms with Gasteiger partial charge in [0.05, 0.1) is 12.7 Å². The summed E-state index contributed by atoms with van der Waals surface area (Å²) >= 11 is 0. The minimum absolute atomic E-state index is 0.237. The second-order valence-electron chi connectivity index (χ2n) is 4.35. The van der Waals surface area contributed by atoms with Crippen LogP contribution < -0.4 is 0 Å². The van der Waals surface area contributed by atoms with Crippen LogP contribution in [0, 0.1) is 0 Å². The van der Waals surface area contributed by atoms with Crippen molar-refractivity contribution in [1.29, 1.82) is 0 Å². The first-order chi connectivity index (χ1) is 7.54. The van der Waals surface area contributed by atoms with Crippen molar-refractivity contribution in [3.8, 4) is 0 Å². The maximum atomic E-state index is 10.7. The Hall–Kier alpha value is -0.870. The van der Waals surface area contributed by atoms with Crippen LogP contribution >= 0.6 is 0 Å². The second-order valence-corrected chi connectivity index (χ2v) is 4.35. The fraction of sp³-hybridized carbons (Fsp3) is 0.750. The van der Waals surface area contributed by atoms with Gasteiger partial charge in [-0.3, -0.25) is 4.90 Å². The molecule has 0 spiro atoms. The van der Waals surface area contributed by atoms with Gasteiger partial charge in [-0.05, 0) is 20.3 Å². The van der Waals surface area contributed by atoms with E-state index in [1.54, 1.807) is 13.0 Å². The van der Waals surface area contributed by atoms with Crippen LogP contribution in [0.2, 0.25) is 0 Å². The van der Waals surface area contributed by atoms with Gasteiger partial charge in [-0.2, -0.15) is 0 Å². The summed E-state index contributed by atoms with van der Waals surface area (Å²) < 4.78 is 5.59. The van der Waals surface area contributed by atoms with Crippen molar-refractivity contribution < 1.29 is 14.6 Å². The summed E-state index contributed by atoms with van der Waals surface area (Å²) in [7, 11) is 0. The van der Waals surface area contributed by atoms with Crippen LogP contribution in [0.1, 0.15) is 27.2 Å². The first-order valence-corrected chi connectivity index (χ1v) is 5.80. The van der Waals surface area contributed by atoms with E-state index in [4.69, 9.17) is 9.84 Å². The van der Waals surface area contributed by atoms with E-state index in [0.717, 1.165) is 19.6 Å². The molecular weight excluding hydrogens is 206 g/mol. The SMILES string of the molecule is CCC1COC(C)CN1CC=C(C)C(=O)O. The summed E-state index contributed by atoms with van der Waals surface area (Å²) in [6.45, 7) is 8.13. The second kappa shape index (κ2) is 6.01. The number of carboxylic acid groups (broad SMARTS) is 1. The standard InChI is InChI=1S/C12H21NO3/c1-4-11-8-16-10(3)7-13(11)6-5-9(2)12(14)15/h5,10-11H,4,6-8H2,1-3H3,(H,14,15). The molecule has 4 nitrogen and oxygen atoms in total. The molecule has 1 N–H and O–H groups in total. The molecule has 92 valence electrons. The zero-order chi connectivity index (χ0) is 12.1. The minimum atomic E-state index is -0.839. The molecule has 0 aromatic rings. The minimum Gasteiger partial charge on any atom is -0.478 e. The van der Waals surface area contributed by atoms with Gasteiger partial charge in [0.25, 0.3) is 0 Å². The van der Waals surface area contributed by atoms with Crippen LogP contribution in [0.15, 0.2) is 11.6 Å². The van der Waals surface area contributed by atoms with Gasteiger partial charge in [0.2, 0.25) is 0 Å². The Kier molecular flexibility index (Phi) is 4.96. The number of hydrogen-bond donors (Lipinski definition) is 1. The van der Waals surface area contributed by atoms with Crippen molar-refractivity contribution >= 4 is 5.97 Å². The van der Waals surface area contributed by atoms with Gasteiger partial charge >= 0.3 is 5.97 Å². The largest absolute Gasteiger partial charge is 0.478 e. The number of aliphatic carboxylic acids is 1. The van der Waals surface area contributed by atoms with Gasteiger partial charge < -0.3 is 9.84 Å². The third-order valence-electron chi connectivity index (χ3n) is 3.02. The highest BCUT2D eigenvalue weighted by Gasteiger charge is 2.24. The first kappa shape index (κ1) is 13.2. The summed E-state index contributed by atoms with van der Waals surface area (Å²) in [6.07, 6.45) is 3.05. The van der Waals surface area contributed by atoms with Crippen molar-refractivity contribution in [1.82, 2.24) is 4.90 Å². The smallest absolute Gasteiger partial charge is 0.330 e. The van der Waals surface area contributed by atoms with Gasteiger partial charge in [0.1, 0.15) is 0 Å². The number of ether oxygens (including phenoxy) is 1. The molecule has 4 heteroatoms. The van der Waals surface area contributed by atoms with Crippen LogP contribution in [0.3, 0.4) is 0 Å². The van der Waals surface area contributed by atoms with Crippen molar-refractivity contribution in [2.24, 2.45) is 0 Å². The van der Waals surface area contributed by atoms with Crippen molar-refractivity contribution in [2.75, 3.05) is 19.7 Å². The third kappa shape index (κ3) is 3.61. The lowest BCUT2D eigenvalue weighted by atomic mass is 10.1. The number of rotatable bonds is 4. The van der Waals surface area contributed by atoms with Gasteiger partial charge in [-0.15, -0.1) is 0 Å². The Labute approximate surface area is 96.9 Å². The molecule has 0 aliphatic carbocycles. The summed E-state index contributed by atoms with van der Waals surface area (Å²) in [5.74, 6) is -0.839. The zero-order valence-corrected chi connectivity index (χ0v) is 10.3. The Morgan fingerprint density at radius 2 is 2.31 bits per heavy atom. The molecule has 0 radical (unpaired) electrons. The number of hydrogen-bond acceptors (Lipinski definition) is 3. The fourth-order valence-electron chi connectivity index (χ4n) is 1.85. The molecule has 1 heterocycles. The van der Waals surface area contributed by atoms with E-state index in [1.807, 2.05) is 6.92 Å². The molecule has 0 saturated carbocycles. The lowest BCUT2D eigenvalue weighted by Crippen LogP contribution is -2.48. The number of carbonyl (C=O) groups is 1. The predicted molar refractivity (Wildman–Crippen MR) is 62.5 cm³/mol. The maximum Gasteiger partial charge on any atom is 0.330 e. The van der Waals surface area contributed by atoms with Crippen molar-refractivity contribution in [3.63, 3.8) is 0 Å². The molecule has 1 fully saturated rings. The molecule has 0 amide bonds. The summed E-state index contributed by atoms with van der Waals surface area (Å²) in [4.78, 5) is 13.0. The lowest BCUT2D eigenvalue weighted by molar-refractivity contribution is -0.132. The highest BCUT2D eigenvalue weighted by molar-refractivity contribution is 5.85. The average Bonchev–Trinajstić information content (AvgIpc) is 2.25. The van der Waals surface area contributed by atoms with E-state index in [0.29, 0.717) is 18.2 Å². The molecule has 1 aliphatic heterocycles. The Balaban J connectivity index is 2.55. The van der Waals surface area contributed by atoms with E-state index in [2.05, 4.69) is 11.8 Å². The molecule has 0 bridgehead atoms. The van der Waals surface area contributed by atoms with Crippen LogP contribution in [0.4, 0.5) is 0 Å². The number of carboxylic acids is 1. The molecule has 2 atom stereocenters. The van der Waals surface area contributed by atoms with Crippen LogP contribution in [0.5, 0.6) is 0 Å². The Morgan fingerprint density at radius 3 is 2.88 bits per heavy atom. The van der Waals surface area contributed by atoms with E-state index >= 15 is 0 Å². The maximum absolute atomic E-state index is 10.7. The molecule has 1 rings (SSSR count). The average molecular weight is 227 g/mol. The van der Waals surface area contributed by atoms with Crippen molar-refractivity contribution in [3.05, 3.63) is 11.6 Å². The number of nitrogens with zero attached hydrogens (tertiary/aromatic N) is 1. The van der Waals surface area contributed by atoms with Gasteiger partial charge in [0.15, 0.2) is 0 Å². The molecule has 16 heavy (non-hydrogen) atoms. The van der Waals surface area contributed by atoms with Crippen LogP contribution in [-0.4, -0.2) is 47.8 Å². The lowest BCUT2D eigenvalue weighted by Gasteiger charge is -2.37. The topological polar surface area (TPSA) is 49.8 Å². The summed E-state index contributed by atoms with van der Waals surface area (Å²) in [5.41, 5.74) is 0.411. The summed E-state index contributed by atoms with van der Waals surface area (Å²) in [5, 5.41) is 8.78. The Bertz CT molecular complexity index is 275. The van der Waals surface area contributed by atoms with Crippen LogP contribution in [0.25, 0.3) is 0 Å². The highest BCUT2D eigenvalue weighted by atomic mass is 16.5. The monoisotopic (exact) mass is 227 g/mol. The van der Waals surface area contributed by atoms with Gasteiger partial charge in [-0.1, -0.05) is 13.0 Å². The molecular formula is C12H21NO3. The quantitative estimate of drug-likeness (QED) is 0.740. The predicted octanol–water partition coefficient (Wildman–Crippen LogP) is 1.52. The first-order valence-electron chi connectivity index (χ1n) is 5.80.